The summed E-state index contributed by atoms with van der Waals surface area (Å²) in [5, 5.41) is 12.8. The number of halogens is 1. The van der Waals surface area contributed by atoms with E-state index in [1.807, 2.05) is 60.0 Å². The number of aryl methyl sites for hydroxylation is 1. The maximum absolute atomic E-state index is 12.5. The van der Waals surface area contributed by atoms with E-state index >= 15 is 0 Å². The number of anilines is 1. The van der Waals surface area contributed by atoms with E-state index in [4.69, 9.17) is 21.1 Å². The topological polar surface area (TPSA) is 78.3 Å². The number of hydrogen-bond acceptors (Lipinski definition) is 6. The fourth-order valence-corrected chi connectivity index (χ4v) is 4.10. The van der Waals surface area contributed by atoms with Gasteiger partial charge in [-0.1, -0.05) is 35.5 Å². The van der Waals surface area contributed by atoms with Gasteiger partial charge in [0.25, 0.3) is 0 Å². The molecule has 0 saturated carbocycles. The van der Waals surface area contributed by atoms with E-state index in [0.29, 0.717) is 21.8 Å². The van der Waals surface area contributed by atoms with Gasteiger partial charge in [-0.05, 0) is 73.2 Å². The number of ether oxygens (including phenoxy) is 2. The van der Waals surface area contributed by atoms with E-state index in [9.17, 15) is 4.79 Å². The van der Waals surface area contributed by atoms with Crippen LogP contribution in [0.3, 0.4) is 0 Å². The molecule has 174 valence electrons. The van der Waals surface area contributed by atoms with Crippen molar-refractivity contribution < 1.29 is 14.3 Å². The van der Waals surface area contributed by atoms with Crippen LogP contribution in [0, 0.1) is 6.92 Å². The third-order valence-electron chi connectivity index (χ3n) is 4.85. The van der Waals surface area contributed by atoms with Crippen molar-refractivity contribution in [2.75, 3.05) is 18.2 Å². The molecule has 9 heteroatoms. The number of methoxy groups -OCH3 is 1. The zero-order valence-corrected chi connectivity index (χ0v) is 20.3. The van der Waals surface area contributed by atoms with Crippen LogP contribution in [0.15, 0.2) is 78.0 Å². The lowest BCUT2D eigenvalue weighted by molar-refractivity contribution is -0.113. The molecule has 1 heterocycles. The highest BCUT2D eigenvalue weighted by molar-refractivity contribution is 7.99. The number of nitrogens with one attached hydrogen (secondary N) is 1. The van der Waals surface area contributed by atoms with Crippen molar-refractivity contribution in [2.45, 2.75) is 18.7 Å². The van der Waals surface area contributed by atoms with E-state index in [-0.39, 0.29) is 18.3 Å². The standard InChI is InChI=1S/C25H23ClN4O3S/c1-17-4-3-5-19(14-17)27-24(31)16-34-25-29-28-23(15-33-22-10-6-18(26)7-11-22)30(25)20-8-12-21(32-2)13-9-20/h3-14H,15-16H2,1-2H3,(H,27,31). The first-order valence-corrected chi connectivity index (χ1v) is 11.8. The van der Waals surface area contributed by atoms with Gasteiger partial charge in [0.05, 0.1) is 12.9 Å². The van der Waals surface area contributed by atoms with Gasteiger partial charge in [0.2, 0.25) is 5.91 Å². The van der Waals surface area contributed by atoms with Crippen LogP contribution >= 0.6 is 23.4 Å². The van der Waals surface area contributed by atoms with Gasteiger partial charge in [0, 0.05) is 16.4 Å². The molecule has 34 heavy (non-hydrogen) atoms. The first kappa shape index (κ1) is 23.7. The Balaban J connectivity index is 1.52. The monoisotopic (exact) mass is 494 g/mol. The second-order valence-corrected chi connectivity index (χ2v) is 8.76. The van der Waals surface area contributed by atoms with Crippen molar-refractivity contribution in [1.82, 2.24) is 14.8 Å². The van der Waals surface area contributed by atoms with Gasteiger partial charge in [0.15, 0.2) is 11.0 Å². The lowest BCUT2D eigenvalue weighted by Gasteiger charge is -2.12. The second kappa shape index (κ2) is 11.1. The quantitative estimate of drug-likeness (QED) is 0.307. The van der Waals surface area contributed by atoms with Gasteiger partial charge in [-0.2, -0.15) is 0 Å². The molecule has 0 aliphatic carbocycles. The number of carbonyl (C=O) groups is 1. The maximum atomic E-state index is 12.5. The second-order valence-electron chi connectivity index (χ2n) is 7.38. The van der Waals surface area contributed by atoms with Crippen molar-refractivity contribution in [1.29, 1.82) is 0 Å². The van der Waals surface area contributed by atoms with Crippen LogP contribution in [0.4, 0.5) is 5.69 Å². The number of amides is 1. The van der Waals surface area contributed by atoms with Gasteiger partial charge in [-0.15, -0.1) is 10.2 Å². The normalized spacial score (nSPS) is 10.7. The number of benzene rings is 3. The number of aromatic nitrogens is 3. The maximum Gasteiger partial charge on any atom is 0.234 e. The number of thioether (sulfide) groups is 1. The predicted octanol–water partition coefficient (Wildman–Crippen LogP) is 5.55. The molecule has 3 aromatic carbocycles. The molecule has 0 fully saturated rings. The molecule has 0 unspecified atom stereocenters. The van der Waals surface area contributed by atoms with Crippen LogP contribution in [0.25, 0.3) is 5.69 Å². The summed E-state index contributed by atoms with van der Waals surface area (Å²) in [7, 11) is 1.62. The zero-order chi connectivity index (χ0) is 23.9. The van der Waals surface area contributed by atoms with Gasteiger partial charge >= 0.3 is 0 Å². The van der Waals surface area contributed by atoms with Crippen molar-refractivity contribution in [3.63, 3.8) is 0 Å². The van der Waals surface area contributed by atoms with E-state index in [1.165, 1.54) is 11.8 Å². The molecule has 1 N–H and O–H groups in total. The lowest BCUT2D eigenvalue weighted by atomic mass is 10.2. The summed E-state index contributed by atoms with van der Waals surface area (Å²) in [5.41, 5.74) is 2.68. The van der Waals surface area contributed by atoms with Crippen LogP contribution in [-0.2, 0) is 11.4 Å². The number of rotatable bonds is 9. The molecule has 4 rings (SSSR count). The van der Waals surface area contributed by atoms with Crippen molar-refractivity contribution >= 4 is 35.0 Å². The van der Waals surface area contributed by atoms with E-state index in [1.54, 1.807) is 31.4 Å². The van der Waals surface area contributed by atoms with E-state index < -0.39 is 0 Å². The number of hydrogen-bond donors (Lipinski definition) is 1. The zero-order valence-electron chi connectivity index (χ0n) is 18.7. The van der Waals surface area contributed by atoms with Crippen LogP contribution in [0.5, 0.6) is 11.5 Å². The summed E-state index contributed by atoms with van der Waals surface area (Å²) in [4.78, 5) is 12.5. The summed E-state index contributed by atoms with van der Waals surface area (Å²) in [6.07, 6.45) is 0. The molecule has 1 amide bonds. The Labute approximate surface area is 207 Å². The molecular weight excluding hydrogens is 472 g/mol. The summed E-state index contributed by atoms with van der Waals surface area (Å²) >= 11 is 7.25. The molecular formula is C25H23ClN4O3S. The molecule has 0 radical (unpaired) electrons. The summed E-state index contributed by atoms with van der Waals surface area (Å²) in [6, 6.07) is 22.3. The summed E-state index contributed by atoms with van der Waals surface area (Å²) in [6.45, 7) is 2.17. The minimum absolute atomic E-state index is 0.126. The molecule has 1 aromatic heterocycles. The highest BCUT2D eigenvalue weighted by Gasteiger charge is 2.17. The van der Waals surface area contributed by atoms with Gasteiger partial charge in [-0.3, -0.25) is 9.36 Å². The fourth-order valence-electron chi connectivity index (χ4n) is 3.21. The Kier molecular flexibility index (Phi) is 7.72. The highest BCUT2D eigenvalue weighted by Crippen LogP contribution is 2.25. The SMILES string of the molecule is COc1ccc(-n2c(COc3ccc(Cl)cc3)nnc2SCC(=O)Nc2cccc(C)c2)cc1. The average Bonchev–Trinajstić information content (AvgIpc) is 3.25. The van der Waals surface area contributed by atoms with Crippen molar-refractivity contribution in [3.8, 4) is 17.2 Å². The van der Waals surface area contributed by atoms with Crippen molar-refractivity contribution in [3.05, 3.63) is 89.2 Å². The highest BCUT2D eigenvalue weighted by atomic mass is 35.5. The fraction of sp³-hybridized carbons (Fsp3) is 0.160. The molecule has 0 bridgehead atoms. The molecule has 0 aliphatic heterocycles. The molecule has 4 aromatic rings. The molecule has 0 spiro atoms. The predicted molar refractivity (Wildman–Crippen MR) is 134 cm³/mol. The van der Waals surface area contributed by atoms with Gasteiger partial charge in [0.1, 0.15) is 18.1 Å². The third kappa shape index (κ3) is 6.09. The number of carbonyl (C=O) groups excluding carboxylic acids is 1. The van der Waals surface area contributed by atoms with Gasteiger partial charge in [-0.25, -0.2) is 0 Å². The average molecular weight is 495 g/mol. The van der Waals surface area contributed by atoms with E-state index in [0.717, 1.165) is 22.7 Å². The van der Waals surface area contributed by atoms with Crippen LogP contribution in [0.2, 0.25) is 5.02 Å². The van der Waals surface area contributed by atoms with Crippen molar-refractivity contribution in [2.24, 2.45) is 0 Å². The minimum Gasteiger partial charge on any atom is -0.497 e. The third-order valence-corrected chi connectivity index (χ3v) is 6.03. The van der Waals surface area contributed by atoms with Gasteiger partial charge < -0.3 is 14.8 Å². The molecule has 0 atom stereocenters. The van der Waals surface area contributed by atoms with Crippen LogP contribution in [0.1, 0.15) is 11.4 Å². The molecule has 0 aliphatic rings. The molecule has 7 nitrogen and oxygen atoms in total. The largest absolute Gasteiger partial charge is 0.497 e. The first-order chi connectivity index (χ1) is 16.5. The first-order valence-electron chi connectivity index (χ1n) is 10.5. The Morgan fingerprint density at radius 1 is 1.03 bits per heavy atom. The number of nitrogens with zero attached hydrogens (tertiary/aromatic N) is 3. The Bertz CT molecular complexity index is 1260. The smallest absolute Gasteiger partial charge is 0.234 e. The summed E-state index contributed by atoms with van der Waals surface area (Å²) < 4.78 is 13.0. The summed E-state index contributed by atoms with van der Waals surface area (Å²) in [5.74, 6) is 2.06. The Morgan fingerprint density at radius 2 is 1.76 bits per heavy atom. The van der Waals surface area contributed by atoms with Crippen LogP contribution in [-0.4, -0.2) is 33.5 Å². The lowest BCUT2D eigenvalue weighted by Crippen LogP contribution is -2.15. The van der Waals surface area contributed by atoms with Crippen LogP contribution < -0.4 is 14.8 Å². The minimum atomic E-state index is -0.126. The Hall–Kier alpha value is -3.49. The van der Waals surface area contributed by atoms with E-state index in [2.05, 4.69) is 15.5 Å². The Morgan fingerprint density at radius 3 is 2.47 bits per heavy atom. The molecule has 0 saturated heterocycles.